The molecule has 1 saturated heterocycles. The third-order valence-corrected chi connectivity index (χ3v) is 2.90. The number of nitrogens with zero attached hydrogens (tertiary/aromatic N) is 1. The zero-order valence-corrected chi connectivity index (χ0v) is 7.92. The van der Waals surface area contributed by atoms with E-state index >= 15 is 0 Å². The summed E-state index contributed by atoms with van der Waals surface area (Å²) in [6.07, 6.45) is 3.73. The number of hydrogen-bond acceptors (Lipinski definition) is 1. The van der Waals surface area contributed by atoms with Crippen LogP contribution in [0.4, 0.5) is 0 Å². The van der Waals surface area contributed by atoms with Crippen LogP contribution >= 0.6 is 0 Å². The Morgan fingerprint density at radius 1 is 1.75 bits per heavy atom. The van der Waals surface area contributed by atoms with Crippen molar-refractivity contribution in [1.82, 2.24) is 4.90 Å². The molecule has 1 amide bonds. The molecule has 0 saturated carbocycles. The molecule has 0 N–H and O–H groups in total. The first-order chi connectivity index (χ1) is 5.70. The lowest BCUT2D eigenvalue weighted by atomic mass is 9.99. The van der Waals surface area contributed by atoms with E-state index in [0.29, 0.717) is 12.0 Å². The van der Waals surface area contributed by atoms with Gasteiger partial charge in [-0.15, -0.1) is 0 Å². The van der Waals surface area contributed by atoms with Crippen LogP contribution in [0.2, 0.25) is 0 Å². The molecule has 2 nitrogen and oxygen atoms in total. The molecule has 1 aliphatic rings. The summed E-state index contributed by atoms with van der Waals surface area (Å²) in [6, 6.07) is 0.403. The summed E-state index contributed by atoms with van der Waals surface area (Å²) in [6.45, 7) is 8.72. The highest BCUT2D eigenvalue weighted by atomic mass is 16.2. The topological polar surface area (TPSA) is 20.3 Å². The Bertz CT molecular complexity index is 188. The Balaban J connectivity index is 2.59. The molecule has 0 spiro atoms. The van der Waals surface area contributed by atoms with Crippen LogP contribution in [0.3, 0.4) is 0 Å². The van der Waals surface area contributed by atoms with Gasteiger partial charge in [0.1, 0.15) is 0 Å². The van der Waals surface area contributed by atoms with E-state index < -0.39 is 0 Å². The van der Waals surface area contributed by atoms with Gasteiger partial charge >= 0.3 is 0 Å². The van der Waals surface area contributed by atoms with Gasteiger partial charge < -0.3 is 4.90 Å². The molecule has 0 radical (unpaired) electrons. The maximum absolute atomic E-state index is 11.3. The minimum atomic E-state index is 0.0819. The fourth-order valence-electron chi connectivity index (χ4n) is 1.98. The molecule has 1 rings (SSSR count). The summed E-state index contributed by atoms with van der Waals surface area (Å²) in [5.41, 5.74) is 0. The van der Waals surface area contributed by atoms with E-state index in [1.807, 2.05) is 4.90 Å². The molecular formula is C10H17NO. The van der Waals surface area contributed by atoms with Crippen molar-refractivity contribution in [3.05, 3.63) is 12.7 Å². The Morgan fingerprint density at radius 3 is 2.83 bits per heavy atom. The predicted octanol–water partition coefficient (Wildman–Crippen LogP) is 1.82. The smallest absolute Gasteiger partial charge is 0.246 e. The second-order valence-electron chi connectivity index (χ2n) is 3.43. The number of amides is 1. The first-order valence-electron chi connectivity index (χ1n) is 4.63. The standard InChI is InChI=1S/C10H17NO/c1-4-9-6-7-11(8(9)3)10(12)5-2/h5,8-9H,2,4,6-7H2,1,3H3/t8-,9+/m1/s1. The van der Waals surface area contributed by atoms with Crippen LogP contribution < -0.4 is 0 Å². The molecule has 68 valence electrons. The normalized spacial score (nSPS) is 29.0. The highest BCUT2D eigenvalue weighted by Gasteiger charge is 2.30. The maximum atomic E-state index is 11.3. The molecule has 1 fully saturated rings. The van der Waals surface area contributed by atoms with Gasteiger partial charge in [0.15, 0.2) is 0 Å². The fourth-order valence-corrected chi connectivity index (χ4v) is 1.98. The lowest BCUT2D eigenvalue weighted by molar-refractivity contribution is -0.126. The molecular weight excluding hydrogens is 150 g/mol. The monoisotopic (exact) mass is 167 g/mol. The van der Waals surface area contributed by atoms with Crippen molar-refractivity contribution in [2.24, 2.45) is 5.92 Å². The fraction of sp³-hybridized carbons (Fsp3) is 0.700. The van der Waals surface area contributed by atoms with Crippen LogP contribution in [0.5, 0.6) is 0 Å². The summed E-state index contributed by atoms with van der Waals surface area (Å²) in [7, 11) is 0. The summed E-state index contributed by atoms with van der Waals surface area (Å²) in [4.78, 5) is 13.2. The number of hydrogen-bond donors (Lipinski definition) is 0. The third-order valence-electron chi connectivity index (χ3n) is 2.90. The van der Waals surface area contributed by atoms with Crippen molar-refractivity contribution in [2.75, 3.05) is 6.54 Å². The predicted molar refractivity (Wildman–Crippen MR) is 49.8 cm³/mol. The Hall–Kier alpha value is -0.790. The molecule has 0 aromatic heterocycles. The largest absolute Gasteiger partial charge is 0.336 e. The summed E-state index contributed by atoms with van der Waals surface area (Å²) in [5.74, 6) is 0.771. The first kappa shape index (κ1) is 9.30. The average molecular weight is 167 g/mol. The van der Waals surface area contributed by atoms with Crippen molar-refractivity contribution in [1.29, 1.82) is 0 Å². The van der Waals surface area contributed by atoms with Gasteiger partial charge in [-0.3, -0.25) is 4.79 Å². The van der Waals surface area contributed by atoms with Gasteiger partial charge in [-0.05, 0) is 25.3 Å². The highest BCUT2D eigenvalue weighted by Crippen LogP contribution is 2.26. The molecule has 0 aromatic carbocycles. The second-order valence-corrected chi connectivity index (χ2v) is 3.43. The maximum Gasteiger partial charge on any atom is 0.246 e. The summed E-state index contributed by atoms with van der Waals surface area (Å²) >= 11 is 0. The van der Waals surface area contributed by atoms with Crippen LogP contribution in [0.1, 0.15) is 26.7 Å². The van der Waals surface area contributed by atoms with Gasteiger partial charge in [0, 0.05) is 12.6 Å². The van der Waals surface area contributed by atoms with Crippen LogP contribution in [0.15, 0.2) is 12.7 Å². The number of carbonyl (C=O) groups excluding carboxylic acids is 1. The quantitative estimate of drug-likeness (QED) is 0.574. The van der Waals surface area contributed by atoms with E-state index in [1.165, 1.54) is 12.5 Å². The lowest BCUT2D eigenvalue weighted by Gasteiger charge is -2.22. The molecule has 1 heterocycles. The average Bonchev–Trinajstić information content (AvgIpc) is 2.45. The van der Waals surface area contributed by atoms with Crippen LogP contribution in [-0.4, -0.2) is 23.4 Å². The molecule has 0 aromatic rings. The molecule has 1 aliphatic heterocycles. The molecule has 12 heavy (non-hydrogen) atoms. The Morgan fingerprint density at radius 2 is 2.42 bits per heavy atom. The zero-order chi connectivity index (χ0) is 9.14. The van der Waals surface area contributed by atoms with Crippen molar-refractivity contribution >= 4 is 5.91 Å². The third kappa shape index (κ3) is 1.52. The van der Waals surface area contributed by atoms with E-state index in [9.17, 15) is 4.79 Å². The van der Waals surface area contributed by atoms with Crippen molar-refractivity contribution in [3.8, 4) is 0 Å². The molecule has 2 atom stereocenters. The first-order valence-corrected chi connectivity index (χ1v) is 4.63. The van der Waals surface area contributed by atoms with Gasteiger partial charge in [0.25, 0.3) is 0 Å². The van der Waals surface area contributed by atoms with E-state index in [-0.39, 0.29) is 5.91 Å². The van der Waals surface area contributed by atoms with Crippen LogP contribution in [-0.2, 0) is 4.79 Å². The van der Waals surface area contributed by atoms with Gasteiger partial charge in [-0.1, -0.05) is 19.9 Å². The number of rotatable bonds is 2. The second kappa shape index (κ2) is 3.74. The number of carbonyl (C=O) groups is 1. The van der Waals surface area contributed by atoms with Crippen molar-refractivity contribution in [2.45, 2.75) is 32.7 Å². The van der Waals surface area contributed by atoms with E-state index in [1.54, 1.807) is 0 Å². The minimum absolute atomic E-state index is 0.0819. The van der Waals surface area contributed by atoms with Gasteiger partial charge in [-0.25, -0.2) is 0 Å². The van der Waals surface area contributed by atoms with E-state index in [2.05, 4.69) is 20.4 Å². The molecule has 0 bridgehead atoms. The summed E-state index contributed by atoms with van der Waals surface area (Å²) in [5, 5.41) is 0. The van der Waals surface area contributed by atoms with Gasteiger partial charge in [0.2, 0.25) is 5.91 Å². The van der Waals surface area contributed by atoms with Gasteiger partial charge in [-0.2, -0.15) is 0 Å². The summed E-state index contributed by atoms with van der Waals surface area (Å²) < 4.78 is 0. The van der Waals surface area contributed by atoms with Crippen molar-refractivity contribution in [3.63, 3.8) is 0 Å². The Kier molecular flexibility index (Phi) is 2.90. The van der Waals surface area contributed by atoms with Crippen molar-refractivity contribution < 1.29 is 4.79 Å². The Labute approximate surface area is 74.2 Å². The van der Waals surface area contributed by atoms with Crippen LogP contribution in [0.25, 0.3) is 0 Å². The molecule has 2 heteroatoms. The van der Waals surface area contributed by atoms with E-state index in [4.69, 9.17) is 0 Å². The van der Waals surface area contributed by atoms with E-state index in [0.717, 1.165) is 13.0 Å². The zero-order valence-electron chi connectivity index (χ0n) is 7.92. The molecule has 0 aliphatic carbocycles. The molecule has 0 unspecified atom stereocenters. The number of likely N-dealkylation sites (tertiary alicyclic amines) is 1. The van der Waals surface area contributed by atoms with Crippen LogP contribution in [0, 0.1) is 5.92 Å². The SMILES string of the molecule is C=CC(=O)N1CC[C@H](CC)[C@H]1C. The highest BCUT2D eigenvalue weighted by molar-refractivity contribution is 5.87. The van der Waals surface area contributed by atoms with Gasteiger partial charge in [0.05, 0.1) is 0 Å². The lowest BCUT2D eigenvalue weighted by Crippen LogP contribution is -2.34. The minimum Gasteiger partial charge on any atom is -0.336 e.